The molecule has 0 atom stereocenters. The van der Waals surface area contributed by atoms with E-state index in [1.165, 1.54) is 0 Å². The molecule has 0 radical (unpaired) electrons. The van der Waals surface area contributed by atoms with E-state index in [9.17, 15) is 4.79 Å². The maximum absolute atomic E-state index is 12.0. The van der Waals surface area contributed by atoms with Gasteiger partial charge in [0.1, 0.15) is 5.69 Å². The van der Waals surface area contributed by atoms with E-state index < -0.39 is 0 Å². The van der Waals surface area contributed by atoms with Gasteiger partial charge in [-0.15, -0.1) is 0 Å². The lowest BCUT2D eigenvalue weighted by Gasteiger charge is -2.08. The van der Waals surface area contributed by atoms with Crippen LogP contribution in [0.2, 0.25) is 0 Å². The van der Waals surface area contributed by atoms with Crippen molar-refractivity contribution in [3.05, 3.63) is 18.0 Å². The van der Waals surface area contributed by atoms with Crippen LogP contribution >= 0.6 is 11.8 Å². The van der Waals surface area contributed by atoms with Crippen molar-refractivity contribution < 1.29 is 4.79 Å². The summed E-state index contributed by atoms with van der Waals surface area (Å²) in [5, 5.41) is 2.94. The van der Waals surface area contributed by atoms with Crippen LogP contribution in [0.3, 0.4) is 0 Å². The molecule has 0 unspecified atom stereocenters. The molecule has 0 aliphatic rings. The summed E-state index contributed by atoms with van der Waals surface area (Å²) in [4.78, 5) is 12.0. The summed E-state index contributed by atoms with van der Waals surface area (Å²) in [5.41, 5.74) is 7.05. The molecule has 0 fully saturated rings. The smallest absolute Gasteiger partial charge is 0.267 e. The van der Waals surface area contributed by atoms with E-state index in [1.807, 2.05) is 22.5 Å². The first-order chi connectivity index (χ1) is 8.69. The van der Waals surface area contributed by atoms with E-state index in [-0.39, 0.29) is 5.91 Å². The Kier molecular flexibility index (Phi) is 6.72. The molecule has 0 aromatic carbocycles. The quantitative estimate of drug-likeness (QED) is 0.712. The fourth-order valence-electron chi connectivity index (χ4n) is 1.76. The van der Waals surface area contributed by atoms with Crippen molar-refractivity contribution >= 4 is 23.4 Å². The number of anilines is 1. The highest BCUT2D eigenvalue weighted by Gasteiger charge is 2.11. The molecule has 0 bridgehead atoms. The van der Waals surface area contributed by atoms with Crippen molar-refractivity contribution in [2.24, 2.45) is 0 Å². The van der Waals surface area contributed by atoms with Crippen LogP contribution in [0.4, 0.5) is 5.69 Å². The molecule has 102 valence electrons. The van der Waals surface area contributed by atoms with E-state index in [0.29, 0.717) is 11.4 Å². The Morgan fingerprint density at radius 1 is 1.50 bits per heavy atom. The fraction of sp³-hybridized carbons (Fsp3) is 0.615. The summed E-state index contributed by atoms with van der Waals surface area (Å²) >= 11 is 1.89. The van der Waals surface area contributed by atoms with Gasteiger partial charge < -0.3 is 15.6 Å². The molecule has 0 saturated heterocycles. The van der Waals surface area contributed by atoms with Crippen molar-refractivity contribution in [2.45, 2.75) is 33.2 Å². The number of amides is 1. The van der Waals surface area contributed by atoms with Gasteiger partial charge in [0.15, 0.2) is 0 Å². The number of thioether (sulfide) groups is 1. The SMILES string of the molecule is CCCn1cc(N)cc1C(=O)NCCCSCC. The fourth-order valence-corrected chi connectivity index (χ4v) is 2.40. The number of hydrogen-bond acceptors (Lipinski definition) is 3. The second kappa shape index (κ2) is 8.08. The van der Waals surface area contributed by atoms with Gasteiger partial charge in [0.25, 0.3) is 5.91 Å². The number of nitrogens with zero attached hydrogens (tertiary/aromatic N) is 1. The van der Waals surface area contributed by atoms with Crippen molar-refractivity contribution in [1.29, 1.82) is 0 Å². The highest BCUT2D eigenvalue weighted by atomic mass is 32.2. The summed E-state index contributed by atoms with van der Waals surface area (Å²) in [7, 11) is 0. The van der Waals surface area contributed by atoms with Gasteiger partial charge in [0.2, 0.25) is 0 Å². The van der Waals surface area contributed by atoms with Gasteiger partial charge in [-0.3, -0.25) is 4.79 Å². The Balaban J connectivity index is 2.45. The second-order valence-electron chi connectivity index (χ2n) is 4.16. The van der Waals surface area contributed by atoms with Crippen LogP contribution in [0.15, 0.2) is 12.3 Å². The molecule has 3 N–H and O–H groups in total. The Morgan fingerprint density at radius 3 is 2.94 bits per heavy atom. The molecule has 18 heavy (non-hydrogen) atoms. The molecule has 0 aliphatic carbocycles. The van der Waals surface area contributed by atoms with Crippen LogP contribution in [0.1, 0.15) is 37.2 Å². The van der Waals surface area contributed by atoms with Gasteiger partial charge in [-0.05, 0) is 30.4 Å². The van der Waals surface area contributed by atoms with Gasteiger partial charge in [-0.1, -0.05) is 13.8 Å². The number of nitrogens with two attached hydrogens (primary N) is 1. The Labute approximate surface area is 113 Å². The normalized spacial score (nSPS) is 10.6. The van der Waals surface area contributed by atoms with Crippen molar-refractivity contribution in [1.82, 2.24) is 9.88 Å². The lowest BCUT2D eigenvalue weighted by molar-refractivity contribution is 0.0944. The van der Waals surface area contributed by atoms with Crippen LogP contribution < -0.4 is 11.1 Å². The summed E-state index contributed by atoms with van der Waals surface area (Å²) in [6, 6.07) is 1.74. The molecule has 1 heterocycles. The maximum atomic E-state index is 12.0. The predicted molar refractivity (Wildman–Crippen MR) is 79.1 cm³/mol. The van der Waals surface area contributed by atoms with Crippen LogP contribution in [-0.2, 0) is 6.54 Å². The molecule has 1 amide bonds. The lowest BCUT2D eigenvalue weighted by Crippen LogP contribution is -2.27. The number of hydrogen-bond donors (Lipinski definition) is 2. The summed E-state index contributed by atoms with van der Waals surface area (Å²) in [5.74, 6) is 2.19. The minimum atomic E-state index is -0.0263. The Morgan fingerprint density at radius 2 is 2.28 bits per heavy atom. The maximum Gasteiger partial charge on any atom is 0.267 e. The molecule has 1 rings (SSSR count). The van der Waals surface area contributed by atoms with Crippen LogP contribution in [0.25, 0.3) is 0 Å². The number of nitrogen functional groups attached to an aromatic ring is 1. The molecular weight excluding hydrogens is 246 g/mol. The number of carbonyl (C=O) groups excluding carboxylic acids is 1. The molecule has 4 nitrogen and oxygen atoms in total. The zero-order valence-electron chi connectivity index (χ0n) is 11.2. The third-order valence-corrected chi connectivity index (χ3v) is 3.56. The standard InChI is InChI=1S/C13H23N3OS/c1-3-7-16-10-11(14)9-12(16)13(17)15-6-5-8-18-4-2/h9-10H,3-8,14H2,1-2H3,(H,15,17). The number of aromatic nitrogens is 1. The number of nitrogens with one attached hydrogen (secondary N) is 1. The van der Waals surface area contributed by atoms with E-state index >= 15 is 0 Å². The third kappa shape index (κ3) is 4.64. The van der Waals surface area contributed by atoms with E-state index in [1.54, 1.807) is 6.07 Å². The van der Waals surface area contributed by atoms with E-state index in [2.05, 4.69) is 19.2 Å². The lowest BCUT2D eigenvalue weighted by atomic mass is 10.3. The number of rotatable bonds is 8. The zero-order chi connectivity index (χ0) is 13.4. The minimum absolute atomic E-state index is 0.0263. The van der Waals surface area contributed by atoms with Crippen LogP contribution in [-0.4, -0.2) is 28.5 Å². The van der Waals surface area contributed by atoms with Crippen LogP contribution in [0.5, 0.6) is 0 Å². The first kappa shape index (κ1) is 15.0. The Hall–Kier alpha value is -1.10. The van der Waals surface area contributed by atoms with Crippen molar-refractivity contribution in [2.75, 3.05) is 23.8 Å². The minimum Gasteiger partial charge on any atom is -0.397 e. The summed E-state index contributed by atoms with van der Waals surface area (Å²) in [6.07, 6.45) is 3.82. The molecular formula is C13H23N3OS. The van der Waals surface area contributed by atoms with Crippen molar-refractivity contribution in [3.63, 3.8) is 0 Å². The van der Waals surface area contributed by atoms with E-state index in [0.717, 1.165) is 37.4 Å². The molecule has 5 heteroatoms. The topological polar surface area (TPSA) is 60.0 Å². The summed E-state index contributed by atoms with van der Waals surface area (Å²) < 4.78 is 1.92. The largest absolute Gasteiger partial charge is 0.397 e. The first-order valence-corrected chi connectivity index (χ1v) is 7.66. The Bertz CT molecular complexity index is 376. The molecule has 1 aromatic rings. The van der Waals surface area contributed by atoms with Gasteiger partial charge in [-0.2, -0.15) is 11.8 Å². The number of carbonyl (C=O) groups is 1. The number of aryl methyl sites for hydroxylation is 1. The molecule has 0 aliphatic heterocycles. The third-order valence-electron chi connectivity index (χ3n) is 2.57. The van der Waals surface area contributed by atoms with Crippen LogP contribution in [0, 0.1) is 0 Å². The monoisotopic (exact) mass is 269 g/mol. The predicted octanol–water partition coefficient (Wildman–Crippen LogP) is 2.35. The highest BCUT2D eigenvalue weighted by molar-refractivity contribution is 7.99. The van der Waals surface area contributed by atoms with E-state index in [4.69, 9.17) is 5.73 Å². The van der Waals surface area contributed by atoms with Gasteiger partial charge in [0.05, 0.1) is 5.69 Å². The second-order valence-corrected chi connectivity index (χ2v) is 5.55. The average Bonchev–Trinajstić information content (AvgIpc) is 2.70. The highest BCUT2D eigenvalue weighted by Crippen LogP contribution is 2.11. The van der Waals surface area contributed by atoms with Gasteiger partial charge in [0, 0.05) is 19.3 Å². The molecule has 0 spiro atoms. The summed E-state index contributed by atoms with van der Waals surface area (Å²) in [6.45, 7) is 5.78. The van der Waals surface area contributed by atoms with Crippen molar-refractivity contribution in [3.8, 4) is 0 Å². The zero-order valence-corrected chi connectivity index (χ0v) is 12.1. The average molecular weight is 269 g/mol. The van der Waals surface area contributed by atoms with Gasteiger partial charge >= 0.3 is 0 Å². The van der Waals surface area contributed by atoms with Gasteiger partial charge in [-0.25, -0.2) is 0 Å². The molecule has 0 saturated carbocycles. The first-order valence-electron chi connectivity index (χ1n) is 6.50. The molecule has 1 aromatic heterocycles.